The van der Waals surface area contributed by atoms with Gasteiger partial charge in [0.2, 0.25) is 0 Å². The van der Waals surface area contributed by atoms with Crippen LogP contribution < -0.4 is 5.32 Å². The van der Waals surface area contributed by atoms with Gasteiger partial charge in [-0.2, -0.15) is 5.26 Å². The van der Waals surface area contributed by atoms with Crippen LogP contribution in [0.3, 0.4) is 0 Å². The number of nitrogens with zero attached hydrogens (tertiary/aromatic N) is 3. The van der Waals surface area contributed by atoms with Crippen molar-refractivity contribution in [2.45, 2.75) is 13.1 Å². The zero-order valence-electron chi connectivity index (χ0n) is 9.81. The van der Waals surface area contributed by atoms with Gasteiger partial charge in [-0.15, -0.1) is 0 Å². The van der Waals surface area contributed by atoms with Gasteiger partial charge in [0.25, 0.3) is 0 Å². The molecule has 0 aliphatic heterocycles. The smallest absolute Gasteiger partial charge is 0.129 e. The van der Waals surface area contributed by atoms with Crippen molar-refractivity contribution in [3.05, 3.63) is 53.9 Å². The van der Waals surface area contributed by atoms with Gasteiger partial charge in [-0.05, 0) is 12.1 Å². The fraction of sp³-hybridized carbons (Fsp3) is 0.231. The minimum atomic E-state index is -0.343. The SMILES string of the molecule is N#Cc1ccc(CNCCn2ccnc2)c(F)c1. The highest BCUT2D eigenvalue weighted by Crippen LogP contribution is 2.09. The molecule has 1 heterocycles. The van der Waals surface area contributed by atoms with Crippen molar-refractivity contribution in [1.29, 1.82) is 5.26 Å². The first-order valence-electron chi connectivity index (χ1n) is 5.64. The van der Waals surface area contributed by atoms with Crippen LogP contribution in [0, 0.1) is 17.1 Å². The highest BCUT2D eigenvalue weighted by Gasteiger charge is 2.02. The summed E-state index contributed by atoms with van der Waals surface area (Å²) in [5, 5.41) is 11.8. The second-order valence-corrected chi connectivity index (χ2v) is 3.90. The molecule has 2 rings (SSSR count). The van der Waals surface area contributed by atoms with Gasteiger partial charge < -0.3 is 9.88 Å². The summed E-state index contributed by atoms with van der Waals surface area (Å²) in [6, 6.07) is 6.42. The van der Waals surface area contributed by atoms with Crippen LogP contribution in [0.1, 0.15) is 11.1 Å². The normalized spacial score (nSPS) is 10.2. The Morgan fingerprint density at radius 1 is 1.44 bits per heavy atom. The van der Waals surface area contributed by atoms with E-state index < -0.39 is 0 Å². The molecule has 1 N–H and O–H groups in total. The van der Waals surface area contributed by atoms with E-state index in [2.05, 4.69) is 10.3 Å². The van der Waals surface area contributed by atoms with E-state index in [1.807, 2.05) is 16.8 Å². The van der Waals surface area contributed by atoms with Crippen LogP contribution in [-0.4, -0.2) is 16.1 Å². The molecule has 0 bridgehead atoms. The summed E-state index contributed by atoms with van der Waals surface area (Å²) in [5.74, 6) is -0.343. The average molecular weight is 244 g/mol. The Balaban J connectivity index is 1.82. The van der Waals surface area contributed by atoms with Crippen molar-refractivity contribution in [3.8, 4) is 6.07 Å². The van der Waals surface area contributed by atoms with E-state index >= 15 is 0 Å². The van der Waals surface area contributed by atoms with E-state index in [0.29, 0.717) is 17.7 Å². The highest BCUT2D eigenvalue weighted by molar-refractivity contribution is 5.32. The number of rotatable bonds is 5. The molecule has 0 atom stereocenters. The maximum atomic E-state index is 13.5. The summed E-state index contributed by atoms with van der Waals surface area (Å²) >= 11 is 0. The Bertz CT molecular complexity index is 543. The fourth-order valence-electron chi connectivity index (χ4n) is 1.61. The van der Waals surface area contributed by atoms with Crippen molar-refractivity contribution in [2.75, 3.05) is 6.54 Å². The van der Waals surface area contributed by atoms with Crippen molar-refractivity contribution in [3.63, 3.8) is 0 Å². The average Bonchev–Trinajstić information content (AvgIpc) is 2.89. The summed E-state index contributed by atoms with van der Waals surface area (Å²) in [5.41, 5.74) is 0.911. The zero-order chi connectivity index (χ0) is 12.8. The molecule has 0 saturated heterocycles. The maximum Gasteiger partial charge on any atom is 0.129 e. The molecule has 0 radical (unpaired) electrons. The number of hydrogen-bond acceptors (Lipinski definition) is 3. The molecule has 0 amide bonds. The van der Waals surface area contributed by atoms with Crippen LogP contribution in [0.5, 0.6) is 0 Å². The summed E-state index contributed by atoms with van der Waals surface area (Å²) < 4.78 is 15.5. The molecular formula is C13H13FN4. The quantitative estimate of drug-likeness (QED) is 0.814. The predicted molar refractivity (Wildman–Crippen MR) is 65.0 cm³/mol. The molecule has 0 fully saturated rings. The van der Waals surface area contributed by atoms with Crippen LogP contribution in [0.25, 0.3) is 0 Å². The molecule has 18 heavy (non-hydrogen) atoms. The largest absolute Gasteiger partial charge is 0.336 e. The molecule has 5 heteroatoms. The van der Waals surface area contributed by atoms with E-state index in [-0.39, 0.29) is 5.82 Å². The summed E-state index contributed by atoms with van der Waals surface area (Å²) in [6.07, 6.45) is 5.34. The third kappa shape index (κ3) is 3.15. The zero-order valence-corrected chi connectivity index (χ0v) is 9.81. The number of hydrogen-bond donors (Lipinski definition) is 1. The second kappa shape index (κ2) is 5.94. The highest BCUT2D eigenvalue weighted by atomic mass is 19.1. The van der Waals surface area contributed by atoms with E-state index in [9.17, 15) is 4.39 Å². The standard InChI is InChI=1S/C13H13FN4/c14-13-7-11(8-15)1-2-12(13)9-16-3-5-18-6-4-17-10-18/h1-2,4,6-7,10,16H,3,5,9H2. The summed E-state index contributed by atoms with van der Waals surface area (Å²) in [7, 11) is 0. The van der Waals surface area contributed by atoms with Crippen LogP contribution >= 0.6 is 0 Å². The monoisotopic (exact) mass is 244 g/mol. The van der Waals surface area contributed by atoms with Crippen molar-refractivity contribution < 1.29 is 4.39 Å². The first kappa shape index (κ1) is 12.3. The molecule has 4 nitrogen and oxygen atoms in total. The number of nitriles is 1. The van der Waals surface area contributed by atoms with Crippen LogP contribution in [0.4, 0.5) is 4.39 Å². The number of benzene rings is 1. The Labute approximate surface area is 105 Å². The lowest BCUT2D eigenvalue weighted by molar-refractivity contribution is 0.564. The van der Waals surface area contributed by atoms with Crippen LogP contribution in [0.2, 0.25) is 0 Å². The maximum absolute atomic E-state index is 13.5. The fourth-order valence-corrected chi connectivity index (χ4v) is 1.61. The Morgan fingerprint density at radius 2 is 2.33 bits per heavy atom. The van der Waals surface area contributed by atoms with Gasteiger partial charge in [-0.1, -0.05) is 6.07 Å². The molecule has 0 unspecified atom stereocenters. The summed E-state index contributed by atoms with van der Waals surface area (Å²) in [4.78, 5) is 3.94. The number of nitrogens with one attached hydrogen (secondary N) is 1. The first-order valence-corrected chi connectivity index (χ1v) is 5.64. The molecule has 2 aromatic rings. The Hall–Kier alpha value is -2.19. The predicted octanol–water partition coefficient (Wildman–Crippen LogP) is 1.68. The van der Waals surface area contributed by atoms with Gasteiger partial charge in [0.05, 0.1) is 18.0 Å². The van der Waals surface area contributed by atoms with E-state index in [0.717, 1.165) is 13.1 Å². The Kier molecular flexibility index (Phi) is 4.05. The minimum Gasteiger partial charge on any atom is -0.336 e. The second-order valence-electron chi connectivity index (χ2n) is 3.90. The number of imidazole rings is 1. The summed E-state index contributed by atoms with van der Waals surface area (Å²) in [6.45, 7) is 1.97. The van der Waals surface area contributed by atoms with Gasteiger partial charge in [0.15, 0.2) is 0 Å². The molecule has 0 aliphatic carbocycles. The van der Waals surface area contributed by atoms with Crippen LogP contribution in [0.15, 0.2) is 36.9 Å². The van der Waals surface area contributed by atoms with Crippen LogP contribution in [-0.2, 0) is 13.1 Å². The molecular weight excluding hydrogens is 231 g/mol. The molecule has 1 aromatic carbocycles. The van der Waals surface area contributed by atoms with Crippen molar-refractivity contribution in [2.24, 2.45) is 0 Å². The number of aromatic nitrogens is 2. The lowest BCUT2D eigenvalue weighted by Gasteiger charge is -2.06. The van der Waals surface area contributed by atoms with Gasteiger partial charge in [-0.3, -0.25) is 0 Å². The van der Waals surface area contributed by atoms with Gasteiger partial charge in [-0.25, -0.2) is 9.37 Å². The van der Waals surface area contributed by atoms with E-state index in [1.165, 1.54) is 6.07 Å². The van der Waals surface area contributed by atoms with Gasteiger partial charge in [0, 0.05) is 37.6 Å². The molecule has 0 spiro atoms. The Morgan fingerprint density at radius 3 is 3.00 bits per heavy atom. The van der Waals surface area contributed by atoms with Gasteiger partial charge in [0.1, 0.15) is 5.82 Å². The third-order valence-corrected chi connectivity index (χ3v) is 2.60. The molecule has 92 valence electrons. The minimum absolute atomic E-state index is 0.342. The molecule has 0 saturated carbocycles. The van der Waals surface area contributed by atoms with Gasteiger partial charge >= 0.3 is 0 Å². The lowest BCUT2D eigenvalue weighted by atomic mass is 10.1. The first-order chi connectivity index (χ1) is 8.79. The molecule has 1 aromatic heterocycles. The van der Waals surface area contributed by atoms with E-state index in [1.54, 1.807) is 24.7 Å². The number of halogens is 1. The lowest BCUT2D eigenvalue weighted by Crippen LogP contribution is -2.19. The van der Waals surface area contributed by atoms with Crippen molar-refractivity contribution in [1.82, 2.24) is 14.9 Å². The third-order valence-electron chi connectivity index (χ3n) is 2.60. The molecule has 0 aliphatic rings. The van der Waals surface area contributed by atoms with E-state index in [4.69, 9.17) is 5.26 Å². The topological polar surface area (TPSA) is 53.6 Å². The van der Waals surface area contributed by atoms with Crippen molar-refractivity contribution >= 4 is 0 Å².